The molecule has 0 aliphatic heterocycles. The van der Waals surface area contributed by atoms with Crippen molar-refractivity contribution in [1.29, 1.82) is 0 Å². The standard InChI is InChI=1S/C3H4F3NO3/c4-2(5)1(8)3(6)7(9)10/h1-3,8H. The second kappa shape index (κ2) is 3.35. The van der Waals surface area contributed by atoms with Crippen molar-refractivity contribution in [3.8, 4) is 0 Å². The number of alkyl halides is 3. The third kappa shape index (κ3) is 2.18. The molecule has 2 unspecified atom stereocenters. The predicted octanol–water partition coefficient (Wildman–Crippen LogP) is 0.185. The van der Waals surface area contributed by atoms with Crippen molar-refractivity contribution in [2.45, 2.75) is 18.8 Å². The van der Waals surface area contributed by atoms with E-state index in [0.717, 1.165) is 0 Å². The van der Waals surface area contributed by atoms with E-state index >= 15 is 0 Å². The smallest absolute Gasteiger partial charge is 0.378 e. The van der Waals surface area contributed by atoms with Gasteiger partial charge in [0.15, 0.2) is 0 Å². The van der Waals surface area contributed by atoms with Crippen molar-refractivity contribution in [2.75, 3.05) is 0 Å². The van der Waals surface area contributed by atoms with Crippen LogP contribution in [0.4, 0.5) is 13.2 Å². The molecule has 0 radical (unpaired) electrons. The number of nitrogens with zero attached hydrogens (tertiary/aromatic N) is 1. The maximum atomic E-state index is 11.7. The third-order valence-electron chi connectivity index (χ3n) is 0.741. The largest absolute Gasteiger partial charge is 0.380 e. The summed E-state index contributed by atoms with van der Waals surface area (Å²) in [6.07, 6.45) is -9.38. The molecule has 0 fully saturated rings. The lowest BCUT2D eigenvalue weighted by atomic mass is 10.3. The summed E-state index contributed by atoms with van der Waals surface area (Å²) in [5, 5.41) is 17.4. The average Bonchev–Trinajstić information content (AvgIpc) is 1.84. The molecule has 0 amide bonds. The summed E-state index contributed by atoms with van der Waals surface area (Å²) in [4.78, 5) is 7.77. The highest BCUT2D eigenvalue weighted by molar-refractivity contribution is 4.59. The van der Waals surface area contributed by atoms with E-state index in [9.17, 15) is 23.3 Å². The first kappa shape index (κ1) is 9.15. The van der Waals surface area contributed by atoms with Gasteiger partial charge in [0.05, 0.1) is 4.92 Å². The molecule has 1 N–H and O–H groups in total. The van der Waals surface area contributed by atoms with Gasteiger partial charge < -0.3 is 5.11 Å². The second-order valence-corrected chi connectivity index (χ2v) is 1.48. The number of nitro groups is 1. The number of hydrogen-bond acceptors (Lipinski definition) is 3. The molecule has 4 nitrogen and oxygen atoms in total. The Hall–Kier alpha value is -0.850. The van der Waals surface area contributed by atoms with Crippen molar-refractivity contribution in [3.05, 3.63) is 10.1 Å². The van der Waals surface area contributed by atoms with Crippen molar-refractivity contribution < 1.29 is 23.2 Å². The zero-order chi connectivity index (χ0) is 8.31. The first-order chi connectivity index (χ1) is 4.46. The van der Waals surface area contributed by atoms with Gasteiger partial charge in [-0.25, -0.2) is 8.78 Å². The summed E-state index contributed by atoms with van der Waals surface area (Å²) in [7, 11) is 0. The molecule has 0 aromatic rings. The average molecular weight is 159 g/mol. The summed E-state index contributed by atoms with van der Waals surface area (Å²) < 4.78 is 34.2. The molecule has 0 aliphatic carbocycles. The Balaban J connectivity index is 3.94. The van der Waals surface area contributed by atoms with Gasteiger partial charge in [0.1, 0.15) is 0 Å². The molecular weight excluding hydrogens is 155 g/mol. The number of halogens is 3. The molecule has 2 atom stereocenters. The number of aliphatic hydroxyl groups excluding tert-OH is 1. The highest BCUT2D eigenvalue weighted by Crippen LogP contribution is 2.08. The van der Waals surface area contributed by atoms with E-state index in [-0.39, 0.29) is 0 Å². The fraction of sp³-hybridized carbons (Fsp3) is 1.00. The van der Waals surface area contributed by atoms with E-state index in [0.29, 0.717) is 0 Å². The quantitative estimate of drug-likeness (QED) is 0.363. The van der Waals surface area contributed by atoms with Crippen molar-refractivity contribution >= 4 is 0 Å². The van der Waals surface area contributed by atoms with Gasteiger partial charge in [-0.05, 0) is 0 Å². The van der Waals surface area contributed by atoms with E-state index in [2.05, 4.69) is 0 Å². The number of rotatable bonds is 3. The monoisotopic (exact) mass is 159 g/mol. The fourth-order valence-electron chi connectivity index (χ4n) is 0.245. The lowest BCUT2D eigenvalue weighted by Gasteiger charge is -2.06. The molecule has 0 saturated carbocycles. The van der Waals surface area contributed by atoms with Crippen LogP contribution in [0.25, 0.3) is 0 Å². The van der Waals surface area contributed by atoms with Crippen LogP contribution in [0, 0.1) is 10.1 Å². The van der Waals surface area contributed by atoms with E-state index in [1.54, 1.807) is 0 Å². The molecule has 0 heterocycles. The fourth-order valence-corrected chi connectivity index (χ4v) is 0.245. The minimum absolute atomic E-state index is 1.61. The van der Waals surface area contributed by atoms with Gasteiger partial charge >= 0.3 is 6.30 Å². The lowest BCUT2D eigenvalue weighted by molar-refractivity contribution is -0.568. The predicted molar refractivity (Wildman–Crippen MR) is 23.9 cm³/mol. The van der Waals surface area contributed by atoms with Gasteiger partial charge in [-0.3, -0.25) is 10.1 Å². The maximum Gasteiger partial charge on any atom is 0.380 e. The van der Waals surface area contributed by atoms with Crippen molar-refractivity contribution in [1.82, 2.24) is 0 Å². The summed E-state index contributed by atoms with van der Waals surface area (Å²) >= 11 is 0. The van der Waals surface area contributed by atoms with Crippen LogP contribution in [0.3, 0.4) is 0 Å². The molecule has 0 aliphatic rings. The lowest BCUT2D eigenvalue weighted by Crippen LogP contribution is -2.34. The highest BCUT2D eigenvalue weighted by Gasteiger charge is 2.36. The van der Waals surface area contributed by atoms with Gasteiger partial charge in [0.2, 0.25) is 6.10 Å². The van der Waals surface area contributed by atoms with E-state index in [1.807, 2.05) is 0 Å². The van der Waals surface area contributed by atoms with Gasteiger partial charge in [-0.1, -0.05) is 0 Å². The van der Waals surface area contributed by atoms with Gasteiger partial charge in [0.25, 0.3) is 6.43 Å². The Kier molecular flexibility index (Phi) is 3.07. The third-order valence-corrected chi connectivity index (χ3v) is 0.741. The first-order valence-corrected chi connectivity index (χ1v) is 2.20. The number of hydrogen-bond donors (Lipinski definition) is 1. The van der Waals surface area contributed by atoms with Crippen molar-refractivity contribution in [3.63, 3.8) is 0 Å². The summed E-state index contributed by atoms with van der Waals surface area (Å²) in [6, 6.07) is 0. The van der Waals surface area contributed by atoms with Crippen LogP contribution in [0.5, 0.6) is 0 Å². The minimum Gasteiger partial charge on any atom is -0.378 e. The molecule has 0 saturated heterocycles. The van der Waals surface area contributed by atoms with Crippen LogP contribution in [0.2, 0.25) is 0 Å². The molecule has 0 aromatic carbocycles. The van der Waals surface area contributed by atoms with Gasteiger partial charge in [0, 0.05) is 0 Å². The first-order valence-electron chi connectivity index (χ1n) is 2.20. The molecule has 0 spiro atoms. The van der Waals surface area contributed by atoms with Crippen LogP contribution in [0.1, 0.15) is 0 Å². The highest BCUT2D eigenvalue weighted by atomic mass is 19.3. The van der Waals surface area contributed by atoms with E-state index in [4.69, 9.17) is 5.11 Å². The normalized spacial score (nSPS) is 16.9. The Bertz CT molecular complexity index is 130. The van der Waals surface area contributed by atoms with Crippen LogP contribution < -0.4 is 0 Å². The number of aliphatic hydroxyl groups is 1. The van der Waals surface area contributed by atoms with E-state index in [1.165, 1.54) is 0 Å². The maximum absolute atomic E-state index is 11.7. The van der Waals surface area contributed by atoms with Crippen LogP contribution in [-0.4, -0.2) is 28.9 Å². The topological polar surface area (TPSA) is 63.4 Å². The minimum atomic E-state index is -3.43. The molecular formula is C3H4F3NO3. The summed E-state index contributed by atoms with van der Waals surface area (Å²) in [5.74, 6) is 0. The second-order valence-electron chi connectivity index (χ2n) is 1.48. The van der Waals surface area contributed by atoms with E-state index < -0.39 is 23.7 Å². The molecule has 0 rings (SSSR count). The summed E-state index contributed by atoms with van der Waals surface area (Å²) in [5.41, 5.74) is 0. The zero-order valence-corrected chi connectivity index (χ0v) is 4.58. The summed E-state index contributed by atoms with van der Waals surface area (Å²) in [6.45, 7) is 0. The Morgan fingerprint density at radius 3 is 1.90 bits per heavy atom. The SMILES string of the molecule is O=[N+]([O-])C(F)C(O)C(F)F. The molecule has 10 heavy (non-hydrogen) atoms. The van der Waals surface area contributed by atoms with Gasteiger partial charge in [-0.15, -0.1) is 0 Å². The Labute approximate surface area is 53.4 Å². The van der Waals surface area contributed by atoms with Crippen LogP contribution in [0.15, 0.2) is 0 Å². The van der Waals surface area contributed by atoms with Crippen LogP contribution in [-0.2, 0) is 0 Å². The molecule has 0 aromatic heterocycles. The Morgan fingerprint density at radius 2 is 1.80 bits per heavy atom. The van der Waals surface area contributed by atoms with Crippen LogP contribution >= 0.6 is 0 Å². The zero-order valence-electron chi connectivity index (χ0n) is 4.58. The molecule has 7 heteroatoms. The Morgan fingerprint density at radius 1 is 1.40 bits per heavy atom. The van der Waals surface area contributed by atoms with Crippen molar-refractivity contribution in [2.24, 2.45) is 0 Å². The molecule has 60 valence electrons. The molecule has 0 bridgehead atoms. The van der Waals surface area contributed by atoms with Gasteiger partial charge in [-0.2, -0.15) is 4.39 Å².